The molecule has 0 saturated heterocycles. The van der Waals surface area contributed by atoms with Gasteiger partial charge in [0.1, 0.15) is 5.60 Å². The molecular formula is C12H17NO4. The zero-order chi connectivity index (χ0) is 13.1. The molecule has 0 aliphatic heterocycles. The van der Waals surface area contributed by atoms with Crippen molar-refractivity contribution in [2.75, 3.05) is 12.4 Å². The van der Waals surface area contributed by atoms with Crippen LogP contribution in [0.1, 0.15) is 20.8 Å². The monoisotopic (exact) mass is 239 g/mol. The fraction of sp³-hybridized carbons (Fsp3) is 0.417. The number of aromatic hydroxyl groups is 1. The van der Waals surface area contributed by atoms with Crippen molar-refractivity contribution in [1.82, 2.24) is 0 Å². The number of phenols is 1. The van der Waals surface area contributed by atoms with Crippen molar-refractivity contribution in [2.45, 2.75) is 26.4 Å². The summed E-state index contributed by atoms with van der Waals surface area (Å²) in [5.41, 5.74) is -0.115. The van der Waals surface area contributed by atoms with Crippen LogP contribution in [0.3, 0.4) is 0 Å². The Hall–Kier alpha value is -1.91. The summed E-state index contributed by atoms with van der Waals surface area (Å²) in [6.07, 6.45) is -0.568. The maximum absolute atomic E-state index is 11.4. The van der Waals surface area contributed by atoms with E-state index in [2.05, 4.69) is 5.32 Å². The van der Waals surface area contributed by atoms with Gasteiger partial charge in [0.2, 0.25) is 0 Å². The second-order valence-electron chi connectivity index (χ2n) is 4.51. The van der Waals surface area contributed by atoms with E-state index in [1.165, 1.54) is 13.2 Å². The van der Waals surface area contributed by atoms with E-state index in [0.717, 1.165) is 0 Å². The first kappa shape index (κ1) is 13.2. The minimum atomic E-state index is -0.568. The predicted octanol–water partition coefficient (Wildman–Crippen LogP) is 2.75. The number of nitrogens with one attached hydrogen (secondary N) is 1. The lowest BCUT2D eigenvalue weighted by molar-refractivity contribution is 0.0636. The van der Waals surface area contributed by atoms with Crippen LogP contribution in [0.4, 0.5) is 10.5 Å². The van der Waals surface area contributed by atoms with Gasteiger partial charge >= 0.3 is 6.09 Å². The fourth-order valence-corrected chi connectivity index (χ4v) is 1.19. The molecule has 0 atom stereocenters. The van der Waals surface area contributed by atoms with Gasteiger partial charge in [0, 0.05) is 11.8 Å². The molecule has 0 radical (unpaired) electrons. The smallest absolute Gasteiger partial charge is 0.412 e. The SMILES string of the molecule is COc1ccc(NC(=O)OC(C)(C)C)cc1O. The summed E-state index contributed by atoms with van der Waals surface area (Å²) >= 11 is 0. The molecule has 0 aromatic heterocycles. The zero-order valence-corrected chi connectivity index (χ0v) is 10.4. The second kappa shape index (κ2) is 4.95. The Bertz CT molecular complexity index is 409. The molecule has 0 fully saturated rings. The lowest BCUT2D eigenvalue weighted by atomic mass is 10.2. The van der Waals surface area contributed by atoms with Crippen LogP contribution in [-0.4, -0.2) is 23.9 Å². The highest BCUT2D eigenvalue weighted by Crippen LogP contribution is 2.28. The average molecular weight is 239 g/mol. The Morgan fingerprint density at radius 1 is 1.35 bits per heavy atom. The maximum Gasteiger partial charge on any atom is 0.412 e. The van der Waals surface area contributed by atoms with Crippen molar-refractivity contribution in [3.05, 3.63) is 18.2 Å². The Balaban J connectivity index is 2.69. The number of hydrogen-bond acceptors (Lipinski definition) is 4. The summed E-state index contributed by atoms with van der Waals surface area (Å²) in [4.78, 5) is 11.4. The number of carbonyl (C=O) groups is 1. The minimum Gasteiger partial charge on any atom is -0.504 e. The van der Waals surface area contributed by atoms with E-state index < -0.39 is 11.7 Å². The highest BCUT2D eigenvalue weighted by Gasteiger charge is 2.16. The number of methoxy groups -OCH3 is 1. The van der Waals surface area contributed by atoms with Gasteiger partial charge in [0.15, 0.2) is 11.5 Å². The van der Waals surface area contributed by atoms with Crippen LogP contribution in [-0.2, 0) is 4.74 Å². The highest BCUT2D eigenvalue weighted by atomic mass is 16.6. The highest BCUT2D eigenvalue weighted by molar-refractivity contribution is 5.85. The van der Waals surface area contributed by atoms with Crippen LogP contribution < -0.4 is 10.1 Å². The van der Waals surface area contributed by atoms with E-state index >= 15 is 0 Å². The molecule has 1 rings (SSSR count). The molecule has 5 nitrogen and oxygen atoms in total. The lowest BCUT2D eigenvalue weighted by Crippen LogP contribution is -2.27. The Morgan fingerprint density at radius 2 is 2.00 bits per heavy atom. The maximum atomic E-state index is 11.4. The van der Waals surface area contributed by atoms with E-state index in [-0.39, 0.29) is 5.75 Å². The molecule has 0 bridgehead atoms. The van der Waals surface area contributed by atoms with E-state index in [1.54, 1.807) is 32.9 Å². The topological polar surface area (TPSA) is 67.8 Å². The first-order valence-electron chi connectivity index (χ1n) is 5.19. The van der Waals surface area contributed by atoms with Gasteiger partial charge in [0.05, 0.1) is 7.11 Å². The number of ether oxygens (including phenoxy) is 2. The average Bonchev–Trinajstić information content (AvgIpc) is 2.14. The minimum absolute atomic E-state index is 0.0407. The van der Waals surface area contributed by atoms with Crippen LogP contribution in [0.5, 0.6) is 11.5 Å². The predicted molar refractivity (Wildman–Crippen MR) is 64.5 cm³/mol. The first-order chi connectivity index (χ1) is 7.81. The largest absolute Gasteiger partial charge is 0.504 e. The molecule has 1 amide bonds. The zero-order valence-electron chi connectivity index (χ0n) is 10.4. The van der Waals surface area contributed by atoms with Crippen LogP contribution in [0.2, 0.25) is 0 Å². The molecule has 0 aliphatic carbocycles. The van der Waals surface area contributed by atoms with Gasteiger partial charge in [-0.1, -0.05) is 0 Å². The number of amides is 1. The van der Waals surface area contributed by atoms with Gasteiger partial charge in [-0.25, -0.2) is 4.79 Å². The summed E-state index contributed by atoms with van der Waals surface area (Å²) in [7, 11) is 1.45. The van der Waals surface area contributed by atoms with Gasteiger partial charge in [-0.3, -0.25) is 5.32 Å². The van der Waals surface area contributed by atoms with Crippen molar-refractivity contribution in [2.24, 2.45) is 0 Å². The third kappa shape index (κ3) is 4.22. The lowest BCUT2D eigenvalue weighted by Gasteiger charge is -2.19. The Labute approximate surface area is 100 Å². The van der Waals surface area contributed by atoms with E-state index in [4.69, 9.17) is 9.47 Å². The molecule has 0 unspecified atom stereocenters. The molecule has 94 valence electrons. The standard InChI is InChI=1S/C12H17NO4/c1-12(2,3)17-11(15)13-8-5-6-10(16-4)9(14)7-8/h5-7,14H,1-4H3,(H,13,15). The van der Waals surface area contributed by atoms with Crippen LogP contribution in [0.15, 0.2) is 18.2 Å². The van der Waals surface area contributed by atoms with E-state index in [9.17, 15) is 9.90 Å². The Morgan fingerprint density at radius 3 is 2.47 bits per heavy atom. The van der Waals surface area contributed by atoms with Crippen molar-refractivity contribution < 1.29 is 19.4 Å². The molecule has 1 aromatic rings. The number of anilines is 1. The molecule has 5 heteroatoms. The second-order valence-corrected chi connectivity index (χ2v) is 4.51. The fourth-order valence-electron chi connectivity index (χ4n) is 1.19. The third-order valence-electron chi connectivity index (χ3n) is 1.82. The van der Waals surface area contributed by atoms with Gasteiger partial charge in [-0.2, -0.15) is 0 Å². The number of carbonyl (C=O) groups excluding carboxylic acids is 1. The van der Waals surface area contributed by atoms with Crippen molar-refractivity contribution in [1.29, 1.82) is 0 Å². The summed E-state index contributed by atoms with van der Waals surface area (Å²) in [6, 6.07) is 4.56. The first-order valence-corrected chi connectivity index (χ1v) is 5.19. The molecule has 0 heterocycles. The summed E-state index contributed by atoms with van der Waals surface area (Å²) in [5, 5.41) is 12.0. The normalized spacial score (nSPS) is 10.8. The van der Waals surface area contributed by atoms with Gasteiger partial charge < -0.3 is 14.6 Å². The molecule has 17 heavy (non-hydrogen) atoms. The van der Waals surface area contributed by atoms with Crippen molar-refractivity contribution in [3.63, 3.8) is 0 Å². The number of phenolic OH excluding ortho intramolecular Hbond substituents is 1. The molecular weight excluding hydrogens is 222 g/mol. The molecule has 0 spiro atoms. The number of benzene rings is 1. The summed E-state index contributed by atoms with van der Waals surface area (Å²) in [6.45, 7) is 5.33. The van der Waals surface area contributed by atoms with E-state index in [0.29, 0.717) is 11.4 Å². The van der Waals surface area contributed by atoms with Gasteiger partial charge in [-0.05, 0) is 32.9 Å². The molecule has 0 aliphatic rings. The van der Waals surface area contributed by atoms with Gasteiger partial charge in [0.25, 0.3) is 0 Å². The molecule has 1 aromatic carbocycles. The number of rotatable bonds is 2. The van der Waals surface area contributed by atoms with E-state index in [1.807, 2.05) is 0 Å². The number of hydrogen-bond donors (Lipinski definition) is 2. The Kier molecular flexibility index (Phi) is 3.83. The summed E-state index contributed by atoms with van der Waals surface area (Å²) < 4.78 is 9.97. The summed E-state index contributed by atoms with van der Waals surface area (Å²) in [5.74, 6) is 0.306. The molecule has 2 N–H and O–H groups in total. The van der Waals surface area contributed by atoms with Crippen molar-refractivity contribution in [3.8, 4) is 11.5 Å². The van der Waals surface area contributed by atoms with Crippen LogP contribution in [0, 0.1) is 0 Å². The van der Waals surface area contributed by atoms with Gasteiger partial charge in [-0.15, -0.1) is 0 Å². The van der Waals surface area contributed by atoms with Crippen molar-refractivity contribution >= 4 is 11.8 Å². The molecule has 0 saturated carbocycles. The quantitative estimate of drug-likeness (QED) is 0.832. The van der Waals surface area contributed by atoms with Crippen LogP contribution in [0.25, 0.3) is 0 Å². The van der Waals surface area contributed by atoms with Crippen LogP contribution >= 0.6 is 0 Å². The third-order valence-corrected chi connectivity index (χ3v) is 1.82.